The average molecular weight is 443 g/mol. The fraction of sp³-hybridized carbons (Fsp3) is 0.100. The molecule has 1 amide bonds. The van der Waals surface area contributed by atoms with Crippen LogP contribution < -0.4 is 14.8 Å². The highest BCUT2D eigenvalue weighted by Gasteiger charge is 2.25. The van der Waals surface area contributed by atoms with E-state index in [1.54, 1.807) is 19.3 Å². The minimum atomic E-state index is -0.225. The Hall–Kier alpha value is -2.69. The Morgan fingerprint density at radius 1 is 1.33 bits per heavy atom. The van der Waals surface area contributed by atoms with Gasteiger partial charge in [-0.05, 0) is 42.1 Å². The van der Waals surface area contributed by atoms with Crippen LogP contribution in [0, 0.1) is 12.3 Å². The topological polar surface area (TPSA) is 59.9 Å². The van der Waals surface area contributed by atoms with E-state index in [0.717, 1.165) is 10.2 Å². The van der Waals surface area contributed by atoms with Gasteiger partial charge in [0, 0.05) is 10.0 Å². The number of hydrogen-bond acceptors (Lipinski definition) is 5. The Bertz CT molecular complexity index is 965. The maximum atomic E-state index is 12.3. The first-order chi connectivity index (χ1) is 13.1. The highest BCUT2D eigenvalue weighted by atomic mass is 79.9. The molecule has 1 aliphatic heterocycles. The maximum Gasteiger partial charge on any atom is 0.264 e. The Morgan fingerprint density at radius 3 is 2.81 bits per heavy atom. The van der Waals surface area contributed by atoms with Gasteiger partial charge in [0.15, 0.2) is 16.7 Å². The van der Waals surface area contributed by atoms with Gasteiger partial charge in [-0.15, -0.1) is 6.42 Å². The van der Waals surface area contributed by atoms with Gasteiger partial charge in [-0.25, -0.2) is 4.99 Å². The fourth-order valence-corrected chi connectivity index (χ4v) is 3.64. The van der Waals surface area contributed by atoms with E-state index in [4.69, 9.17) is 15.9 Å². The van der Waals surface area contributed by atoms with Gasteiger partial charge in [0.25, 0.3) is 5.91 Å². The smallest absolute Gasteiger partial charge is 0.264 e. The zero-order chi connectivity index (χ0) is 19.2. The molecule has 1 fully saturated rings. The minimum Gasteiger partial charge on any atom is -0.493 e. The second-order valence-electron chi connectivity index (χ2n) is 5.34. The molecule has 1 saturated heterocycles. The van der Waals surface area contributed by atoms with Gasteiger partial charge in [-0.2, -0.15) is 0 Å². The molecule has 0 atom stereocenters. The molecule has 136 valence electrons. The Balaban J connectivity index is 1.94. The number of carbonyl (C=O) groups excluding carboxylic acids is 1. The SMILES string of the molecule is C#CCOc1c(/C=C2\SC(=Nc3ccccc3)NC2=O)cc(Br)cc1OC. The van der Waals surface area contributed by atoms with E-state index >= 15 is 0 Å². The Labute approximate surface area is 170 Å². The molecule has 1 N–H and O–H groups in total. The van der Waals surface area contributed by atoms with Crippen LogP contribution in [0.3, 0.4) is 0 Å². The summed E-state index contributed by atoms with van der Waals surface area (Å²) in [6, 6.07) is 13.0. The molecule has 2 aromatic rings. The number of aliphatic imine (C=N–C) groups is 1. The van der Waals surface area contributed by atoms with Crippen molar-refractivity contribution < 1.29 is 14.3 Å². The molecule has 0 radical (unpaired) electrons. The Kier molecular flexibility index (Phi) is 6.22. The van der Waals surface area contributed by atoms with Crippen molar-refractivity contribution in [3.8, 4) is 23.8 Å². The minimum absolute atomic E-state index is 0.0915. The number of para-hydroxylation sites is 1. The summed E-state index contributed by atoms with van der Waals surface area (Å²) in [5.41, 5.74) is 1.44. The molecule has 7 heteroatoms. The maximum absolute atomic E-state index is 12.3. The Morgan fingerprint density at radius 2 is 2.11 bits per heavy atom. The summed E-state index contributed by atoms with van der Waals surface area (Å²) in [7, 11) is 1.54. The number of methoxy groups -OCH3 is 1. The monoisotopic (exact) mass is 442 g/mol. The van der Waals surface area contributed by atoms with Crippen molar-refractivity contribution in [1.29, 1.82) is 0 Å². The number of ether oxygens (including phenoxy) is 2. The van der Waals surface area contributed by atoms with Gasteiger partial charge in [-0.1, -0.05) is 40.0 Å². The molecular formula is C20H15BrN2O3S. The molecule has 1 heterocycles. The molecule has 5 nitrogen and oxygen atoms in total. The number of amidine groups is 1. The second kappa shape index (κ2) is 8.80. The van der Waals surface area contributed by atoms with Crippen LogP contribution in [0.5, 0.6) is 11.5 Å². The van der Waals surface area contributed by atoms with Crippen molar-refractivity contribution in [2.75, 3.05) is 13.7 Å². The molecule has 27 heavy (non-hydrogen) atoms. The number of terminal acetylenes is 1. The summed E-state index contributed by atoms with van der Waals surface area (Å²) in [5, 5.41) is 3.29. The summed E-state index contributed by atoms with van der Waals surface area (Å²) >= 11 is 4.70. The summed E-state index contributed by atoms with van der Waals surface area (Å²) < 4.78 is 11.8. The van der Waals surface area contributed by atoms with Crippen molar-refractivity contribution in [3.05, 3.63) is 57.4 Å². The van der Waals surface area contributed by atoms with Crippen molar-refractivity contribution >= 4 is 50.5 Å². The highest BCUT2D eigenvalue weighted by molar-refractivity contribution is 9.10. The van der Waals surface area contributed by atoms with Crippen LogP contribution in [0.4, 0.5) is 5.69 Å². The van der Waals surface area contributed by atoms with Gasteiger partial charge >= 0.3 is 0 Å². The largest absolute Gasteiger partial charge is 0.493 e. The summed E-state index contributed by atoms with van der Waals surface area (Å²) in [5.74, 6) is 3.21. The third-order valence-corrected chi connectivity index (χ3v) is 4.86. The van der Waals surface area contributed by atoms with E-state index in [0.29, 0.717) is 27.1 Å². The normalized spacial score (nSPS) is 16.3. The first-order valence-electron chi connectivity index (χ1n) is 7.89. The number of benzene rings is 2. The van der Waals surface area contributed by atoms with Crippen LogP contribution in [0.25, 0.3) is 6.08 Å². The standard InChI is InChI=1S/C20H15BrN2O3S/c1-3-9-26-18-13(10-14(21)12-16(18)25-2)11-17-19(24)23-20(27-17)22-15-7-5-4-6-8-15/h1,4-8,10-12H,9H2,2H3,(H,22,23,24)/b17-11-. The van der Waals surface area contributed by atoms with Gasteiger partial charge < -0.3 is 14.8 Å². The van der Waals surface area contributed by atoms with Crippen LogP contribution >= 0.6 is 27.7 Å². The number of thioether (sulfide) groups is 1. The molecule has 2 aromatic carbocycles. The van der Waals surface area contributed by atoms with E-state index in [1.807, 2.05) is 36.4 Å². The van der Waals surface area contributed by atoms with Gasteiger partial charge in [0.05, 0.1) is 17.7 Å². The molecular weight excluding hydrogens is 428 g/mol. The number of hydrogen-bond donors (Lipinski definition) is 1. The zero-order valence-electron chi connectivity index (χ0n) is 14.4. The van der Waals surface area contributed by atoms with Crippen molar-refractivity contribution in [2.45, 2.75) is 0 Å². The molecule has 0 aromatic heterocycles. The van der Waals surface area contributed by atoms with E-state index in [9.17, 15) is 4.79 Å². The summed E-state index contributed by atoms with van der Waals surface area (Å²) in [6.45, 7) is 0.0915. The van der Waals surface area contributed by atoms with Crippen LogP contribution in [-0.2, 0) is 4.79 Å². The van der Waals surface area contributed by atoms with Gasteiger partial charge in [0.2, 0.25) is 0 Å². The number of halogens is 1. The van der Waals surface area contributed by atoms with Crippen molar-refractivity contribution in [2.24, 2.45) is 4.99 Å². The molecule has 0 spiro atoms. The number of nitrogens with one attached hydrogen (secondary N) is 1. The highest BCUT2D eigenvalue weighted by Crippen LogP contribution is 2.38. The number of carbonyl (C=O) groups is 1. The van der Waals surface area contributed by atoms with E-state index in [2.05, 4.69) is 32.2 Å². The first-order valence-corrected chi connectivity index (χ1v) is 9.50. The molecule has 0 unspecified atom stereocenters. The van der Waals surface area contributed by atoms with Crippen LogP contribution in [0.2, 0.25) is 0 Å². The number of rotatable bonds is 5. The summed E-state index contributed by atoms with van der Waals surface area (Å²) in [4.78, 5) is 17.3. The number of amides is 1. The quantitative estimate of drug-likeness (QED) is 0.551. The number of nitrogens with zero attached hydrogens (tertiary/aromatic N) is 1. The van der Waals surface area contributed by atoms with Crippen LogP contribution in [0.1, 0.15) is 5.56 Å². The first kappa shape index (κ1) is 19.1. The lowest BCUT2D eigenvalue weighted by Crippen LogP contribution is -2.19. The van der Waals surface area contributed by atoms with E-state index in [-0.39, 0.29) is 12.5 Å². The van der Waals surface area contributed by atoms with Gasteiger partial charge in [0.1, 0.15) is 6.61 Å². The zero-order valence-corrected chi connectivity index (χ0v) is 16.8. The van der Waals surface area contributed by atoms with E-state index < -0.39 is 0 Å². The molecule has 3 rings (SSSR count). The molecule has 1 aliphatic rings. The predicted molar refractivity (Wildman–Crippen MR) is 112 cm³/mol. The molecule has 0 saturated carbocycles. The fourth-order valence-electron chi connectivity index (χ4n) is 2.36. The predicted octanol–water partition coefficient (Wildman–Crippen LogP) is 4.36. The van der Waals surface area contributed by atoms with Crippen LogP contribution in [-0.4, -0.2) is 24.8 Å². The van der Waals surface area contributed by atoms with Crippen molar-refractivity contribution in [1.82, 2.24) is 5.32 Å². The lowest BCUT2D eigenvalue weighted by Gasteiger charge is -2.12. The van der Waals surface area contributed by atoms with E-state index in [1.165, 1.54) is 11.8 Å². The lowest BCUT2D eigenvalue weighted by atomic mass is 10.1. The van der Waals surface area contributed by atoms with Crippen molar-refractivity contribution in [3.63, 3.8) is 0 Å². The molecule has 0 aliphatic carbocycles. The average Bonchev–Trinajstić information content (AvgIpc) is 3.00. The van der Waals surface area contributed by atoms with Crippen LogP contribution in [0.15, 0.2) is 56.8 Å². The third-order valence-electron chi connectivity index (χ3n) is 3.49. The lowest BCUT2D eigenvalue weighted by molar-refractivity contribution is -0.115. The second-order valence-corrected chi connectivity index (χ2v) is 7.28. The van der Waals surface area contributed by atoms with Gasteiger partial charge in [-0.3, -0.25) is 4.79 Å². The molecule has 0 bridgehead atoms. The summed E-state index contributed by atoms with van der Waals surface area (Å²) in [6.07, 6.45) is 7.03. The third kappa shape index (κ3) is 4.73.